The van der Waals surface area contributed by atoms with Crippen LogP contribution in [0.2, 0.25) is 0 Å². The second-order valence-electron chi connectivity index (χ2n) is 7.32. The average molecular weight is 423 g/mol. The van der Waals surface area contributed by atoms with Crippen molar-refractivity contribution in [1.82, 2.24) is 13.7 Å². The van der Waals surface area contributed by atoms with Crippen molar-refractivity contribution >= 4 is 32.0 Å². The molecule has 6 nitrogen and oxygen atoms in total. The highest BCUT2D eigenvalue weighted by atomic mass is 32.2. The number of aryl methyl sites for hydroxylation is 1. The summed E-state index contributed by atoms with van der Waals surface area (Å²) >= 11 is 1.50. The monoisotopic (exact) mass is 422 g/mol. The van der Waals surface area contributed by atoms with E-state index in [9.17, 15) is 12.8 Å². The maximum absolute atomic E-state index is 13.5. The van der Waals surface area contributed by atoms with Crippen LogP contribution in [0.1, 0.15) is 30.3 Å². The van der Waals surface area contributed by atoms with Crippen LogP contribution in [0, 0.1) is 12.7 Å². The summed E-state index contributed by atoms with van der Waals surface area (Å²) in [7, 11) is -3.67. The van der Waals surface area contributed by atoms with Crippen LogP contribution in [-0.2, 0) is 10.0 Å². The van der Waals surface area contributed by atoms with Gasteiger partial charge < -0.3 is 4.90 Å². The van der Waals surface area contributed by atoms with Crippen molar-refractivity contribution in [3.63, 3.8) is 0 Å². The average Bonchev–Trinajstić information content (AvgIpc) is 3.18. The van der Waals surface area contributed by atoms with Crippen LogP contribution in [0.3, 0.4) is 0 Å². The number of hydrogen-bond donors (Lipinski definition) is 0. The molecule has 9 heteroatoms. The smallest absolute Gasteiger partial charge is 0.261 e. The lowest BCUT2D eigenvalue weighted by Crippen LogP contribution is -2.49. The number of thiazole rings is 1. The van der Waals surface area contributed by atoms with Crippen molar-refractivity contribution in [3.05, 3.63) is 46.9 Å². The number of nitrogens with zero attached hydrogens (tertiary/aromatic N) is 4. The van der Waals surface area contributed by atoms with Crippen molar-refractivity contribution < 1.29 is 12.8 Å². The molecule has 150 valence electrons. The number of anilines is 1. The molecule has 1 saturated heterocycles. The fourth-order valence-electron chi connectivity index (χ4n) is 3.55. The first-order valence-corrected chi connectivity index (χ1v) is 11.5. The van der Waals surface area contributed by atoms with Crippen molar-refractivity contribution in [2.45, 2.75) is 31.7 Å². The van der Waals surface area contributed by atoms with E-state index in [-0.39, 0.29) is 16.8 Å². The zero-order chi connectivity index (χ0) is 20.1. The molecule has 0 aliphatic carbocycles. The zero-order valence-corrected chi connectivity index (χ0v) is 17.7. The molecule has 0 radical (unpaired) electrons. The second kappa shape index (κ2) is 7.13. The summed E-state index contributed by atoms with van der Waals surface area (Å²) in [5.74, 6) is -0.264. The van der Waals surface area contributed by atoms with Crippen molar-refractivity contribution in [2.24, 2.45) is 0 Å². The number of hydrogen-bond acceptors (Lipinski definition) is 5. The molecule has 1 aliphatic heterocycles. The summed E-state index contributed by atoms with van der Waals surface area (Å²) in [6, 6.07) is 6.31. The van der Waals surface area contributed by atoms with Gasteiger partial charge in [0.15, 0.2) is 9.99 Å². The topological polar surface area (TPSA) is 57.9 Å². The zero-order valence-electron chi connectivity index (χ0n) is 16.1. The molecule has 0 atom stereocenters. The highest BCUT2D eigenvalue weighted by molar-refractivity contribution is 7.89. The third-order valence-corrected chi connectivity index (χ3v) is 7.82. The Labute approximate surface area is 168 Å². The maximum Gasteiger partial charge on any atom is 0.261 e. The van der Waals surface area contributed by atoms with Crippen molar-refractivity contribution in [1.29, 1.82) is 0 Å². The Balaban J connectivity index is 1.62. The number of sulfonamides is 1. The van der Waals surface area contributed by atoms with Crippen molar-refractivity contribution in [2.75, 3.05) is 31.1 Å². The van der Waals surface area contributed by atoms with E-state index in [0.717, 1.165) is 10.6 Å². The van der Waals surface area contributed by atoms with E-state index >= 15 is 0 Å². The van der Waals surface area contributed by atoms with E-state index in [1.54, 1.807) is 16.5 Å². The van der Waals surface area contributed by atoms with E-state index in [4.69, 9.17) is 0 Å². The van der Waals surface area contributed by atoms with Gasteiger partial charge in [0.25, 0.3) is 10.0 Å². The SMILES string of the molecule is Cc1cn2c(S(=O)(=O)N3CCN(c4ccc(F)cc4)CC3)c(C(C)C)nc2s1. The fraction of sp³-hybridized carbons (Fsp3) is 0.421. The third kappa shape index (κ3) is 3.31. The molecule has 2 aromatic heterocycles. The van der Waals surface area contributed by atoms with Crippen LogP contribution in [-0.4, -0.2) is 48.3 Å². The number of halogens is 1. The summed E-state index contributed by atoms with van der Waals surface area (Å²) in [6.07, 6.45) is 1.85. The first kappa shape index (κ1) is 19.4. The van der Waals surface area contributed by atoms with Crippen LogP contribution in [0.25, 0.3) is 4.96 Å². The van der Waals surface area contributed by atoms with Gasteiger partial charge in [-0.2, -0.15) is 4.31 Å². The van der Waals surface area contributed by atoms with E-state index in [2.05, 4.69) is 9.88 Å². The van der Waals surface area contributed by atoms with Gasteiger partial charge in [-0.15, -0.1) is 11.3 Å². The minimum Gasteiger partial charge on any atom is -0.369 e. The molecule has 0 spiro atoms. The molecule has 0 bridgehead atoms. The molecule has 0 amide bonds. The number of aromatic nitrogens is 2. The maximum atomic E-state index is 13.5. The summed E-state index contributed by atoms with van der Waals surface area (Å²) < 4.78 is 43.4. The molecule has 1 aliphatic rings. The molecule has 3 heterocycles. The Hall–Kier alpha value is -1.97. The van der Waals surface area contributed by atoms with E-state index in [1.165, 1.54) is 27.8 Å². The lowest BCUT2D eigenvalue weighted by atomic mass is 10.2. The van der Waals surface area contributed by atoms with Crippen LogP contribution < -0.4 is 4.90 Å². The normalized spacial score (nSPS) is 16.4. The lowest BCUT2D eigenvalue weighted by Gasteiger charge is -2.35. The number of piperazine rings is 1. The standard InChI is InChI=1S/C19H23FN4O2S2/c1-13(2)17-18(24-12-14(3)27-19(24)21-17)28(25,26)23-10-8-22(9-11-23)16-6-4-15(20)5-7-16/h4-7,12-13H,8-11H2,1-3H3. The van der Waals surface area contributed by atoms with Crippen molar-refractivity contribution in [3.8, 4) is 0 Å². The second-order valence-corrected chi connectivity index (χ2v) is 10.4. The Kier molecular flexibility index (Phi) is 4.93. The predicted octanol–water partition coefficient (Wildman–Crippen LogP) is 3.48. The minimum atomic E-state index is -3.67. The van der Waals surface area contributed by atoms with E-state index in [0.29, 0.717) is 36.8 Å². The third-order valence-electron chi connectivity index (χ3n) is 4.98. The van der Waals surface area contributed by atoms with Gasteiger partial charge >= 0.3 is 0 Å². The van der Waals surface area contributed by atoms with Crippen LogP contribution in [0.15, 0.2) is 35.5 Å². The summed E-state index contributed by atoms with van der Waals surface area (Å²) in [5, 5.41) is 0.289. The van der Waals surface area contributed by atoms with Gasteiger partial charge in [0.05, 0.1) is 5.69 Å². The first-order valence-electron chi connectivity index (χ1n) is 9.26. The van der Waals surface area contributed by atoms with Crippen LogP contribution in [0.4, 0.5) is 10.1 Å². The largest absolute Gasteiger partial charge is 0.369 e. The molecule has 0 unspecified atom stereocenters. The molecule has 0 saturated carbocycles. The summed E-state index contributed by atoms with van der Waals surface area (Å²) in [4.78, 5) is 8.41. The van der Waals surface area contributed by atoms with E-state index < -0.39 is 10.0 Å². The van der Waals surface area contributed by atoms with E-state index in [1.807, 2.05) is 27.0 Å². The Morgan fingerprint density at radius 3 is 2.36 bits per heavy atom. The summed E-state index contributed by atoms with van der Waals surface area (Å²) in [6.45, 7) is 7.77. The predicted molar refractivity (Wildman–Crippen MR) is 109 cm³/mol. The molecule has 3 aromatic rings. The molecule has 1 aromatic carbocycles. The van der Waals surface area contributed by atoms with Gasteiger partial charge in [0, 0.05) is 42.9 Å². The van der Waals surface area contributed by atoms with Gasteiger partial charge in [-0.05, 0) is 37.1 Å². The molecular weight excluding hydrogens is 399 g/mol. The molecule has 1 fully saturated rings. The minimum absolute atomic E-state index is 0.0117. The number of rotatable bonds is 4. The van der Waals surface area contributed by atoms with Gasteiger partial charge in [0.1, 0.15) is 5.82 Å². The van der Waals surface area contributed by atoms with Gasteiger partial charge in [-0.25, -0.2) is 17.8 Å². The highest BCUT2D eigenvalue weighted by Gasteiger charge is 2.35. The van der Waals surface area contributed by atoms with Crippen LogP contribution in [0.5, 0.6) is 0 Å². The summed E-state index contributed by atoms with van der Waals surface area (Å²) in [5.41, 5.74) is 1.52. The quantitative estimate of drug-likeness (QED) is 0.646. The highest BCUT2D eigenvalue weighted by Crippen LogP contribution is 2.31. The van der Waals surface area contributed by atoms with Gasteiger partial charge in [-0.3, -0.25) is 4.40 Å². The fourth-order valence-corrected chi connectivity index (χ4v) is 6.26. The molecule has 0 N–H and O–H groups in total. The van der Waals surface area contributed by atoms with Gasteiger partial charge in [-0.1, -0.05) is 13.8 Å². The number of fused-ring (bicyclic) bond motifs is 1. The van der Waals surface area contributed by atoms with Crippen LogP contribution >= 0.6 is 11.3 Å². The van der Waals surface area contributed by atoms with Gasteiger partial charge in [0.2, 0.25) is 0 Å². The molecule has 28 heavy (non-hydrogen) atoms. The molecule has 4 rings (SSSR count). The number of imidazole rings is 1. The number of benzene rings is 1. The Morgan fingerprint density at radius 1 is 1.11 bits per heavy atom. The Morgan fingerprint density at radius 2 is 1.75 bits per heavy atom. The lowest BCUT2D eigenvalue weighted by molar-refractivity contribution is 0.382. The molecular formula is C19H23FN4O2S2. The first-order chi connectivity index (χ1) is 13.3. The Bertz CT molecular complexity index is 1100.